The highest BCUT2D eigenvalue weighted by molar-refractivity contribution is 5.81. The molecule has 1 fully saturated rings. The van der Waals surface area contributed by atoms with E-state index < -0.39 is 0 Å². The Balaban J connectivity index is 1.57. The number of nitrogens with one attached hydrogen (secondary N) is 1. The molecule has 0 saturated heterocycles. The van der Waals surface area contributed by atoms with Crippen LogP contribution >= 0.6 is 0 Å². The number of hydrogen-bond acceptors (Lipinski definition) is 2. The summed E-state index contributed by atoms with van der Waals surface area (Å²) in [7, 11) is 0. The molecule has 1 heterocycles. The molecule has 4 nitrogen and oxygen atoms in total. The Morgan fingerprint density at radius 2 is 1.77 bits per heavy atom. The zero-order chi connectivity index (χ0) is 17.9. The first-order valence-corrected chi connectivity index (χ1v) is 9.14. The molecule has 0 bridgehead atoms. The first kappa shape index (κ1) is 16.6. The molecular formula is C22H23N3O. The van der Waals surface area contributed by atoms with E-state index in [1.165, 1.54) is 5.56 Å². The molecule has 26 heavy (non-hydrogen) atoms. The monoisotopic (exact) mass is 345 g/mol. The van der Waals surface area contributed by atoms with E-state index in [0.29, 0.717) is 19.0 Å². The zero-order valence-corrected chi connectivity index (χ0v) is 14.9. The molecule has 2 atom stereocenters. The van der Waals surface area contributed by atoms with Crippen LogP contribution in [0.2, 0.25) is 0 Å². The summed E-state index contributed by atoms with van der Waals surface area (Å²) in [6.45, 7) is 3.35. The van der Waals surface area contributed by atoms with Gasteiger partial charge in [-0.05, 0) is 17.9 Å². The molecule has 1 saturated carbocycles. The number of aromatic nitrogens is 2. The predicted octanol–water partition coefficient (Wildman–Crippen LogP) is 3.87. The van der Waals surface area contributed by atoms with Crippen LogP contribution in [-0.2, 0) is 17.9 Å². The molecular weight excluding hydrogens is 322 g/mol. The van der Waals surface area contributed by atoms with Crippen molar-refractivity contribution in [1.29, 1.82) is 0 Å². The van der Waals surface area contributed by atoms with Gasteiger partial charge >= 0.3 is 0 Å². The third kappa shape index (κ3) is 3.69. The first-order chi connectivity index (χ1) is 12.7. The average molecular weight is 345 g/mol. The molecule has 1 aromatic heterocycles. The Kier molecular flexibility index (Phi) is 4.57. The van der Waals surface area contributed by atoms with Gasteiger partial charge in [-0.15, -0.1) is 0 Å². The largest absolute Gasteiger partial charge is 0.352 e. The maximum absolute atomic E-state index is 12.2. The number of benzene rings is 2. The van der Waals surface area contributed by atoms with Crippen molar-refractivity contribution in [3.63, 3.8) is 0 Å². The van der Waals surface area contributed by atoms with Crippen LogP contribution in [0.25, 0.3) is 11.3 Å². The SMILES string of the molecule is C[C@H]1C[C@H]1C(=O)NCc1cn(Cc2ccccc2)nc1-c1ccccc1. The minimum atomic E-state index is 0.160. The van der Waals surface area contributed by atoms with Crippen molar-refractivity contribution in [2.75, 3.05) is 0 Å². The molecule has 4 heteroatoms. The Bertz CT molecular complexity index is 886. The van der Waals surface area contributed by atoms with E-state index in [1.54, 1.807) is 0 Å². The lowest BCUT2D eigenvalue weighted by Gasteiger charge is -2.05. The van der Waals surface area contributed by atoms with Gasteiger partial charge in [0.1, 0.15) is 0 Å². The fourth-order valence-corrected chi connectivity index (χ4v) is 3.28. The van der Waals surface area contributed by atoms with Crippen LogP contribution in [0.3, 0.4) is 0 Å². The maximum atomic E-state index is 12.2. The number of carbonyl (C=O) groups is 1. The maximum Gasteiger partial charge on any atom is 0.223 e. The van der Waals surface area contributed by atoms with Crippen LogP contribution in [-0.4, -0.2) is 15.7 Å². The van der Waals surface area contributed by atoms with E-state index in [4.69, 9.17) is 5.10 Å². The second-order valence-corrected chi connectivity index (χ2v) is 7.09. The van der Waals surface area contributed by atoms with Gasteiger partial charge in [0.25, 0.3) is 0 Å². The van der Waals surface area contributed by atoms with Gasteiger partial charge in [0, 0.05) is 29.8 Å². The molecule has 1 N–H and O–H groups in total. The van der Waals surface area contributed by atoms with Gasteiger partial charge in [-0.2, -0.15) is 5.10 Å². The summed E-state index contributed by atoms with van der Waals surface area (Å²) in [5.74, 6) is 0.867. The normalized spacial score (nSPS) is 18.5. The summed E-state index contributed by atoms with van der Waals surface area (Å²) in [6, 6.07) is 20.4. The summed E-state index contributed by atoms with van der Waals surface area (Å²) < 4.78 is 1.96. The Hall–Kier alpha value is -2.88. The lowest BCUT2D eigenvalue weighted by molar-refractivity contribution is -0.122. The summed E-state index contributed by atoms with van der Waals surface area (Å²) in [4.78, 5) is 12.2. The Labute approximate surface area is 153 Å². The van der Waals surface area contributed by atoms with E-state index in [-0.39, 0.29) is 11.8 Å². The molecule has 0 spiro atoms. The van der Waals surface area contributed by atoms with Crippen molar-refractivity contribution in [2.45, 2.75) is 26.4 Å². The highest BCUT2D eigenvalue weighted by Gasteiger charge is 2.38. The van der Waals surface area contributed by atoms with Gasteiger partial charge in [0.05, 0.1) is 12.2 Å². The second-order valence-electron chi connectivity index (χ2n) is 7.09. The van der Waals surface area contributed by atoms with Crippen molar-refractivity contribution >= 4 is 5.91 Å². The van der Waals surface area contributed by atoms with Gasteiger partial charge in [0.15, 0.2) is 0 Å². The molecule has 1 aliphatic carbocycles. The van der Waals surface area contributed by atoms with Gasteiger partial charge in [0.2, 0.25) is 5.91 Å². The van der Waals surface area contributed by atoms with E-state index in [2.05, 4.69) is 36.5 Å². The molecule has 4 rings (SSSR count). The topological polar surface area (TPSA) is 46.9 Å². The van der Waals surface area contributed by atoms with Crippen LogP contribution in [0, 0.1) is 11.8 Å². The highest BCUT2D eigenvalue weighted by Crippen LogP contribution is 2.37. The van der Waals surface area contributed by atoms with E-state index in [1.807, 2.05) is 47.3 Å². The standard InChI is InChI=1S/C22H23N3O/c1-16-12-20(16)22(26)23-13-19-15-25(14-17-8-4-2-5-9-17)24-21(19)18-10-6-3-7-11-18/h2-11,15-16,20H,12-14H2,1H3,(H,23,26)/t16-,20+/m0/s1. The summed E-state index contributed by atoms with van der Waals surface area (Å²) in [5, 5.41) is 7.88. The zero-order valence-electron chi connectivity index (χ0n) is 14.9. The van der Waals surface area contributed by atoms with Gasteiger partial charge in [-0.1, -0.05) is 67.6 Å². The van der Waals surface area contributed by atoms with E-state index in [0.717, 1.165) is 23.2 Å². The number of amides is 1. The third-order valence-electron chi connectivity index (χ3n) is 4.97. The van der Waals surface area contributed by atoms with Crippen molar-refractivity contribution in [3.05, 3.63) is 78.0 Å². The van der Waals surface area contributed by atoms with Crippen LogP contribution in [0.1, 0.15) is 24.5 Å². The molecule has 1 aliphatic rings. The van der Waals surface area contributed by atoms with E-state index >= 15 is 0 Å². The predicted molar refractivity (Wildman–Crippen MR) is 102 cm³/mol. The number of carbonyl (C=O) groups excluding carboxylic acids is 1. The lowest BCUT2D eigenvalue weighted by atomic mass is 10.1. The van der Waals surface area contributed by atoms with Crippen molar-refractivity contribution in [1.82, 2.24) is 15.1 Å². The fraction of sp³-hybridized carbons (Fsp3) is 0.273. The number of nitrogens with zero attached hydrogens (tertiary/aromatic N) is 2. The Morgan fingerprint density at radius 3 is 2.42 bits per heavy atom. The molecule has 0 aliphatic heterocycles. The fourth-order valence-electron chi connectivity index (χ4n) is 3.28. The number of hydrogen-bond donors (Lipinski definition) is 1. The van der Waals surface area contributed by atoms with Gasteiger partial charge in [-0.25, -0.2) is 0 Å². The van der Waals surface area contributed by atoms with E-state index in [9.17, 15) is 4.79 Å². The second kappa shape index (κ2) is 7.16. The van der Waals surface area contributed by atoms with Crippen molar-refractivity contribution in [3.8, 4) is 11.3 Å². The smallest absolute Gasteiger partial charge is 0.223 e. The van der Waals surface area contributed by atoms with Crippen molar-refractivity contribution in [2.24, 2.45) is 11.8 Å². The van der Waals surface area contributed by atoms with Crippen LogP contribution < -0.4 is 5.32 Å². The molecule has 3 aromatic rings. The summed E-state index contributed by atoms with van der Waals surface area (Å²) >= 11 is 0. The van der Waals surface area contributed by atoms with Crippen LogP contribution in [0.4, 0.5) is 0 Å². The van der Waals surface area contributed by atoms with Crippen molar-refractivity contribution < 1.29 is 4.79 Å². The highest BCUT2D eigenvalue weighted by atomic mass is 16.2. The van der Waals surface area contributed by atoms with Gasteiger partial charge in [-0.3, -0.25) is 9.48 Å². The summed E-state index contributed by atoms with van der Waals surface area (Å²) in [5.41, 5.74) is 4.26. The Morgan fingerprint density at radius 1 is 1.12 bits per heavy atom. The average Bonchev–Trinajstić information content (AvgIpc) is 3.27. The molecule has 132 valence electrons. The summed E-state index contributed by atoms with van der Waals surface area (Å²) in [6.07, 6.45) is 3.05. The first-order valence-electron chi connectivity index (χ1n) is 9.14. The lowest BCUT2D eigenvalue weighted by Crippen LogP contribution is -2.24. The minimum absolute atomic E-state index is 0.160. The van der Waals surface area contributed by atoms with Crippen LogP contribution in [0.5, 0.6) is 0 Å². The molecule has 0 radical (unpaired) electrons. The molecule has 2 aromatic carbocycles. The third-order valence-corrected chi connectivity index (χ3v) is 4.97. The quantitative estimate of drug-likeness (QED) is 0.737. The minimum Gasteiger partial charge on any atom is -0.352 e. The molecule has 0 unspecified atom stereocenters. The van der Waals surface area contributed by atoms with Gasteiger partial charge < -0.3 is 5.32 Å². The number of rotatable bonds is 6. The molecule has 1 amide bonds. The van der Waals surface area contributed by atoms with Crippen LogP contribution in [0.15, 0.2) is 66.9 Å².